The Kier molecular flexibility index (Phi) is 5.33. The fraction of sp³-hybridized carbons (Fsp3) is 0.400. The van der Waals surface area contributed by atoms with E-state index in [1.54, 1.807) is 6.07 Å². The van der Waals surface area contributed by atoms with Crippen LogP contribution in [0.1, 0.15) is 32.2 Å². The van der Waals surface area contributed by atoms with E-state index in [2.05, 4.69) is 20.0 Å². The molecule has 0 saturated heterocycles. The van der Waals surface area contributed by atoms with Crippen LogP contribution in [0.3, 0.4) is 0 Å². The molecule has 0 spiro atoms. The van der Waals surface area contributed by atoms with Gasteiger partial charge in [-0.25, -0.2) is 0 Å². The van der Waals surface area contributed by atoms with Crippen LogP contribution in [0, 0.1) is 4.77 Å². The van der Waals surface area contributed by atoms with Crippen LogP contribution in [0.4, 0.5) is 8.78 Å². The van der Waals surface area contributed by atoms with E-state index in [4.69, 9.17) is 17.0 Å². The topological polar surface area (TPSA) is 64.4 Å². The summed E-state index contributed by atoms with van der Waals surface area (Å²) in [5.41, 5.74) is 0.281. The van der Waals surface area contributed by atoms with Crippen LogP contribution in [0.15, 0.2) is 23.3 Å². The van der Waals surface area contributed by atoms with E-state index >= 15 is 0 Å². The van der Waals surface area contributed by atoms with E-state index in [1.807, 2.05) is 20.8 Å². The second-order valence-corrected chi connectivity index (χ2v) is 6.33. The molecule has 0 saturated carbocycles. The Balaban J connectivity index is 2.37. The van der Waals surface area contributed by atoms with Gasteiger partial charge in [0.05, 0.1) is 13.3 Å². The fourth-order valence-corrected chi connectivity index (χ4v) is 2.15. The van der Waals surface area contributed by atoms with E-state index in [-0.39, 0.29) is 16.9 Å². The lowest BCUT2D eigenvalue weighted by molar-refractivity contribution is -0.0512. The summed E-state index contributed by atoms with van der Waals surface area (Å²) in [5.74, 6) is 0.798. The number of aromatic nitrogens is 3. The minimum absolute atomic E-state index is 0.0664. The van der Waals surface area contributed by atoms with Gasteiger partial charge in [0.15, 0.2) is 17.3 Å². The van der Waals surface area contributed by atoms with E-state index < -0.39 is 6.61 Å². The van der Waals surface area contributed by atoms with Crippen LogP contribution in [0.25, 0.3) is 0 Å². The molecular formula is C15H18F2N4O2S. The van der Waals surface area contributed by atoms with Gasteiger partial charge < -0.3 is 9.47 Å². The molecule has 0 fully saturated rings. The monoisotopic (exact) mass is 356 g/mol. The lowest BCUT2D eigenvalue weighted by atomic mass is 9.96. The average molecular weight is 356 g/mol. The molecule has 0 unspecified atom stereocenters. The molecule has 0 aliphatic heterocycles. The standard InChI is InChI=1S/C15H18F2N4O2S/c1-15(2,3)12-19-20-14(24)21(12)18-8-9-5-6-10(22-4)11(7-9)23-13(16)17/h5-8,13H,1-4H3,(H,20,24)/b18-8-. The lowest BCUT2D eigenvalue weighted by Gasteiger charge is -2.15. The number of nitrogens with zero attached hydrogens (tertiary/aromatic N) is 3. The molecule has 9 heteroatoms. The van der Waals surface area contributed by atoms with Gasteiger partial charge >= 0.3 is 6.61 Å². The minimum atomic E-state index is -2.94. The summed E-state index contributed by atoms with van der Waals surface area (Å²) in [6, 6.07) is 4.61. The fourth-order valence-electron chi connectivity index (χ4n) is 1.97. The van der Waals surface area contributed by atoms with Crippen molar-refractivity contribution < 1.29 is 18.3 Å². The highest BCUT2D eigenvalue weighted by Gasteiger charge is 2.21. The molecular weight excluding hydrogens is 338 g/mol. The van der Waals surface area contributed by atoms with Gasteiger partial charge in [0.25, 0.3) is 0 Å². The van der Waals surface area contributed by atoms with Gasteiger partial charge in [-0.3, -0.25) is 5.10 Å². The zero-order valence-electron chi connectivity index (χ0n) is 13.7. The highest BCUT2D eigenvalue weighted by atomic mass is 32.1. The van der Waals surface area contributed by atoms with E-state index in [0.29, 0.717) is 16.2 Å². The van der Waals surface area contributed by atoms with E-state index in [0.717, 1.165) is 0 Å². The third-order valence-electron chi connectivity index (χ3n) is 3.05. The zero-order chi connectivity index (χ0) is 17.9. The third-order valence-corrected chi connectivity index (χ3v) is 3.31. The minimum Gasteiger partial charge on any atom is -0.493 e. The third kappa shape index (κ3) is 4.16. The van der Waals surface area contributed by atoms with Gasteiger partial charge in [-0.15, -0.1) is 0 Å². The van der Waals surface area contributed by atoms with Crippen LogP contribution in [0.5, 0.6) is 11.5 Å². The summed E-state index contributed by atoms with van der Waals surface area (Å²) < 4.78 is 36.2. The summed E-state index contributed by atoms with van der Waals surface area (Å²) >= 11 is 5.17. The summed E-state index contributed by atoms with van der Waals surface area (Å²) in [5, 5.41) is 11.2. The largest absolute Gasteiger partial charge is 0.493 e. The number of methoxy groups -OCH3 is 1. The normalized spacial score (nSPS) is 12.1. The predicted molar refractivity (Wildman–Crippen MR) is 88.7 cm³/mol. The number of hydrogen-bond donors (Lipinski definition) is 1. The molecule has 0 aliphatic carbocycles. The summed E-state index contributed by atoms with van der Waals surface area (Å²) in [6.45, 7) is 2.99. The highest BCUT2D eigenvalue weighted by Crippen LogP contribution is 2.29. The molecule has 130 valence electrons. The van der Waals surface area contributed by atoms with Crippen LogP contribution in [-0.2, 0) is 5.41 Å². The van der Waals surface area contributed by atoms with Crippen molar-refractivity contribution >= 4 is 18.4 Å². The number of rotatable bonds is 5. The first kappa shape index (κ1) is 18.1. The summed E-state index contributed by atoms with van der Waals surface area (Å²) in [7, 11) is 1.38. The molecule has 2 rings (SSSR count). The average Bonchev–Trinajstić information content (AvgIpc) is 2.86. The predicted octanol–water partition coefficient (Wildman–Crippen LogP) is 3.73. The molecule has 1 aromatic heterocycles. The second kappa shape index (κ2) is 7.08. The molecule has 1 heterocycles. The Morgan fingerprint density at radius 2 is 2.04 bits per heavy atom. The Hall–Kier alpha value is -2.29. The molecule has 6 nitrogen and oxygen atoms in total. The van der Waals surface area contributed by atoms with E-state index in [1.165, 1.54) is 30.1 Å². The molecule has 0 atom stereocenters. The van der Waals surface area contributed by atoms with Crippen molar-refractivity contribution in [3.8, 4) is 11.5 Å². The number of nitrogens with one attached hydrogen (secondary N) is 1. The summed E-state index contributed by atoms with van der Waals surface area (Å²) in [4.78, 5) is 0. The smallest absolute Gasteiger partial charge is 0.387 e. The number of benzene rings is 1. The van der Waals surface area contributed by atoms with Crippen molar-refractivity contribution in [2.45, 2.75) is 32.8 Å². The maximum atomic E-state index is 12.5. The van der Waals surface area contributed by atoms with Crippen molar-refractivity contribution in [3.05, 3.63) is 34.4 Å². The van der Waals surface area contributed by atoms with Gasteiger partial charge in [0.1, 0.15) is 0 Å². The summed E-state index contributed by atoms with van der Waals surface area (Å²) in [6.07, 6.45) is 1.48. The number of aromatic amines is 1. The van der Waals surface area contributed by atoms with Crippen molar-refractivity contribution in [3.63, 3.8) is 0 Å². The number of H-pyrrole nitrogens is 1. The molecule has 2 aromatic rings. The first-order valence-electron chi connectivity index (χ1n) is 7.07. The quantitative estimate of drug-likeness (QED) is 0.655. The Morgan fingerprint density at radius 3 is 2.62 bits per heavy atom. The first-order chi connectivity index (χ1) is 11.2. The van der Waals surface area contributed by atoms with Crippen LogP contribution < -0.4 is 9.47 Å². The number of alkyl halides is 2. The first-order valence-corrected chi connectivity index (χ1v) is 7.48. The molecule has 0 radical (unpaired) electrons. The molecule has 24 heavy (non-hydrogen) atoms. The Bertz CT molecular complexity index is 794. The molecule has 0 aliphatic rings. The Morgan fingerprint density at radius 1 is 1.33 bits per heavy atom. The number of ether oxygens (including phenoxy) is 2. The number of hydrogen-bond acceptors (Lipinski definition) is 5. The molecule has 0 bridgehead atoms. The van der Waals surface area contributed by atoms with E-state index in [9.17, 15) is 8.78 Å². The van der Waals surface area contributed by atoms with Gasteiger partial charge in [0.2, 0.25) is 4.77 Å². The number of halogens is 2. The van der Waals surface area contributed by atoms with Crippen LogP contribution in [0.2, 0.25) is 0 Å². The SMILES string of the molecule is COc1ccc(/C=N\n2c(C(C)(C)C)n[nH]c2=S)cc1OC(F)F. The highest BCUT2D eigenvalue weighted by molar-refractivity contribution is 7.71. The second-order valence-electron chi connectivity index (χ2n) is 5.95. The van der Waals surface area contributed by atoms with Crippen molar-refractivity contribution in [2.75, 3.05) is 7.11 Å². The Labute approximate surface area is 143 Å². The van der Waals surface area contributed by atoms with Crippen molar-refractivity contribution in [1.82, 2.24) is 14.9 Å². The maximum Gasteiger partial charge on any atom is 0.387 e. The molecule has 0 amide bonds. The lowest BCUT2D eigenvalue weighted by Crippen LogP contribution is -2.17. The van der Waals surface area contributed by atoms with Gasteiger partial charge in [-0.05, 0) is 36.0 Å². The maximum absolute atomic E-state index is 12.5. The van der Waals surface area contributed by atoms with Crippen LogP contribution in [-0.4, -0.2) is 34.8 Å². The van der Waals surface area contributed by atoms with Crippen molar-refractivity contribution in [1.29, 1.82) is 0 Å². The molecule has 1 N–H and O–H groups in total. The van der Waals surface area contributed by atoms with Crippen LogP contribution >= 0.6 is 12.2 Å². The van der Waals surface area contributed by atoms with Gasteiger partial charge in [0, 0.05) is 5.41 Å². The molecule has 1 aromatic carbocycles. The van der Waals surface area contributed by atoms with Crippen molar-refractivity contribution in [2.24, 2.45) is 5.10 Å². The zero-order valence-corrected chi connectivity index (χ0v) is 14.5. The van der Waals surface area contributed by atoms with Gasteiger partial charge in [-0.1, -0.05) is 20.8 Å². The van der Waals surface area contributed by atoms with Gasteiger partial charge in [-0.2, -0.15) is 23.7 Å².